The largest absolute Gasteiger partial charge is 0.383 e. The number of carbonyl (C=O) groups is 1. The summed E-state index contributed by atoms with van der Waals surface area (Å²) in [7, 11) is 0. The highest BCUT2D eigenvalue weighted by Crippen LogP contribution is 2.27. The van der Waals surface area contributed by atoms with Crippen LogP contribution in [0.3, 0.4) is 0 Å². The van der Waals surface area contributed by atoms with Gasteiger partial charge in [-0.1, -0.05) is 19.1 Å². The maximum atomic E-state index is 11.8. The zero-order valence-electron chi connectivity index (χ0n) is 10.9. The molecule has 0 bridgehead atoms. The van der Waals surface area contributed by atoms with E-state index in [2.05, 4.69) is 34.6 Å². The topological polar surface area (TPSA) is 44.4 Å². The summed E-state index contributed by atoms with van der Waals surface area (Å²) in [6, 6.07) is 8.17. The van der Waals surface area contributed by atoms with Gasteiger partial charge in [0.25, 0.3) is 0 Å². The number of para-hydroxylation sites is 2. The van der Waals surface area contributed by atoms with E-state index in [4.69, 9.17) is 0 Å². The molecule has 1 aromatic rings. The summed E-state index contributed by atoms with van der Waals surface area (Å²) in [6.07, 6.45) is 2.03. The fourth-order valence-electron chi connectivity index (χ4n) is 2.17. The average Bonchev–Trinajstić information content (AvgIpc) is 2.59. The molecule has 1 heterocycles. The Labute approximate surface area is 108 Å². The van der Waals surface area contributed by atoms with Crippen LogP contribution in [0, 0.1) is 0 Å². The van der Waals surface area contributed by atoms with Crippen molar-refractivity contribution in [1.29, 1.82) is 0 Å². The first-order chi connectivity index (χ1) is 8.81. The number of benzene rings is 1. The third-order valence-electron chi connectivity index (χ3n) is 3.07. The van der Waals surface area contributed by atoms with E-state index in [0.29, 0.717) is 6.54 Å². The molecule has 1 aromatic carbocycles. The summed E-state index contributed by atoms with van der Waals surface area (Å²) in [4.78, 5) is 14.0. The lowest BCUT2D eigenvalue weighted by Crippen LogP contribution is -2.37. The molecule has 0 saturated heterocycles. The molecule has 1 amide bonds. The summed E-state index contributed by atoms with van der Waals surface area (Å²) in [5.74, 6) is 0.105. The molecule has 18 heavy (non-hydrogen) atoms. The lowest BCUT2D eigenvalue weighted by Gasteiger charge is -2.23. The minimum Gasteiger partial charge on any atom is -0.383 e. The van der Waals surface area contributed by atoms with Crippen LogP contribution in [0.2, 0.25) is 0 Å². The molecule has 0 aliphatic carbocycles. The Hall–Kier alpha value is -1.71. The standard InChI is InChI=1S/C14H21N3O/c1-2-8-16-14(18)11-17-10-5-9-15-12-6-3-4-7-13(12)17/h3-4,6-7,15H,2,5,8-11H2,1H3,(H,16,18). The summed E-state index contributed by atoms with van der Waals surface area (Å²) in [5, 5.41) is 6.33. The second-order valence-electron chi connectivity index (χ2n) is 4.57. The van der Waals surface area contributed by atoms with E-state index in [1.807, 2.05) is 12.1 Å². The molecule has 0 fully saturated rings. The predicted molar refractivity (Wildman–Crippen MR) is 75.1 cm³/mol. The average molecular weight is 247 g/mol. The van der Waals surface area contributed by atoms with Crippen LogP contribution in [0.4, 0.5) is 11.4 Å². The molecular formula is C14H21N3O. The second kappa shape index (κ2) is 6.28. The van der Waals surface area contributed by atoms with Crippen molar-refractivity contribution in [2.45, 2.75) is 19.8 Å². The van der Waals surface area contributed by atoms with Crippen LogP contribution in [0.25, 0.3) is 0 Å². The first kappa shape index (κ1) is 12.7. The molecule has 0 saturated carbocycles. The fraction of sp³-hybridized carbons (Fsp3) is 0.500. The van der Waals surface area contributed by atoms with Gasteiger partial charge in [0.05, 0.1) is 17.9 Å². The van der Waals surface area contributed by atoms with Crippen LogP contribution in [0.15, 0.2) is 24.3 Å². The molecule has 2 N–H and O–H groups in total. The summed E-state index contributed by atoms with van der Waals surface area (Å²) < 4.78 is 0. The van der Waals surface area contributed by atoms with Crippen LogP contribution in [-0.4, -0.2) is 32.1 Å². The van der Waals surface area contributed by atoms with Gasteiger partial charge in [-0.2, -0.15) is 0 Å². The molecule has 0 aromatic heterocycles. The van der Waals surface area contributed by atoms with Gasteiger partial charge in [-0.15, -0.1) is 0 Å². The first-order valence-electron chi connectivity index (χ1n) is 6.66. The quantitative estimate of drug-likeness (QED) is 0.853. The van der Waals surface area contributed by atoms with Crippen LogP contribution in [-0.2, 0) is 4.79 Å². The van der Waals surface area contributed by atoms with E-state index in [9.17, 15) is 4.79 Å². The highest BCUT2D eigenvalue weighted by Gasteiger charge is 2.16. The van der Waals surface area contributed by atoms with Gasteiger partial charge < -0.3 is 15.5 Å². The summed E-state index contributed by atoms with van der Waals surface area (Å²) in [5.41, 5.74) is 2.25. The van der Waals surface area contributed by atoms with Crippen molar-refractivity contribution in [2.24, 2.45) is 0 Å². The predicted octanol–water partition coefficient (Wildman–Crippen LogP) is 1.83. The molecule has 1 aliphatic rings. The zero-order chi connectivity index (χ0) is 12.8. The van der Waals surface area contributed by atoms with Gasteiger partial charge in [0, 0.05) is 19.6 Å². The minimum atomic E-state index is 0.105. The van der Waals surface area contributed by atoms with Crippen molar-refractivity contribution in [3.05, 3.63) is 24.3 Å². The smallest absolute Gasteiger partial charge is 0.239 e. The van der Waals surface area contributed by atoms with Crippen molar-refractivity contribution >= 4 is 17.3 Å². The Balaban J connectivity index is 2.06. The van der Waals surface area contributed by atoms with E-state index in [-0.39, 0.29) is 5.91 Å². The third kappa shape index (κ3) is 3.15. The summed E-state index contributed by atoms with van der Waals surface area (Å²) in [6.45, 7) is 5.14. The van der Waals surface area contributed by atoms with Crippen molar-refractivity contribution in [3.8, 4) is 0 Å². The van der Waals surface area contributed by atoms with Gasteiger partial charge in [0.15, 0.2) is 0 Å². The van der Waals surface area contributed by atoms with Crippen LogP contribution >= 0.6 is 0 Å². The Kier molecular flexibility index (Phi) is 4.45. The molecule has 98 valence electrons. The van der Waals surface area contributed by atoms with Crippen molar-refractivity contribution < 1.29 is 4.79 Å². The van der Waals surface area contributed by atoms with Gasteiger partial charge in [-0.05, 0) is 25.0 Å². The van der Waals surface area contributed by atoms with Crippen LogP contribution < -0.4 is 15.5 Å². The first-order valence-corrected chi connectivity index (χ1v) is 6.66. The number of nitrogens with zero attached hydrogens (tertiary/aromatic N) is 1. The Bertz CT molecular complexity index is 406. The van der Waals surface area contributed by atoms with E-state index in [0.717, 1.165) is 43.9 Å². The molecule has 0 unspecified atom stereocenters. The second-order valence-corrected chi connectivity index (χ2v) is 4.57. The molecule has 0 atom stereocenters. The van der Waals surface area contributed by atoms with Gasteiger partial charge in [0.1, 0.15) is 0 Å². The molecule has 2 rings (SSSR count). The number of amides is 1. The lowest BCUT2D eigenvalue weighted by atomic mass is 10.2. The number of hydrogen-bond donors (Lipinski definition) is 2. The molecular weight excluding hydrogens is 226 g/mol. The van der Waals surface area contributed by atoms with Gasteiger partial charge in [0.2, 0.25) is 5.91 Å². The van der Waals surface area contributed by atoms with E-state index >= 15 is 0 Å². The fourth-order valence-corrected chi connectivity index (χ4v) is 2.17. The minimum absolute atomic E-state index is 0.105. The number of anilines is 2. The normalized spacial score (nSPS) is 14.4. The van der Waals surface area contributed by atoms with Gasteiger partial charge >= 0.3 is 0 Å². The molecule has 0 spiro atoms. The highest BCUT2D eigenvalue weighted by atomic mass is 16.2. The maximum Gasteiger partial charge on any atom is 0.239 e. The van der Waals surface area contributed by atoms with Crippen LogP contribution in [0.5, 0.6) is 0 Å². The molecule has 4 heteroatoms. The molecule has 1 aliphatic heterocycles. The number of rotatable bonds is 4. The van der Waals surface area contributed by atoms with Crippen molar-refractivity contribution in [2.75, 3.05) is 36.4 Å². The van der Waals surface area contributed by atoms with Crippen molar-refractivity contribution in [1.82, 2.24) is 5.32 Å². The van der Waals surface area contributed by atoms with Gasteiger partial charge in [-0.25, -0.2) is 0 Å². The third-order valence-corrected chi connectivity index (χ3v) is 3.07. The van der Waals surface area contributed by atoms with E-state index in [1.54, 1.807) is 0 Å². The van der Waals surface area contributed by atoms with Crippen LogP contribution in [0.1, 0.15) is 19.8 Å². The van der Waals surface area contributed by atoms with Gasteiger partial charge in [-0.3, -0.25) is 4.79 Å². The number of carbonyl (C=O) groups excluding carboxylic acids is 1. The van der Waals surface area contributed by atoms with E-state index < -0.39 is 0 Å². The SMILES string of the molecule is CCCNC(=O)CN1CCCNc2ccccc21. The Morgan fingerprint density at radius 1 is 1.44 bits per heavy atom. The molecule has 4 nitrogen and oxygen atoms in total. The number of hydrogen-bond acceptors (Lipinski definition) is 3. The Morgan fingerprint density at radius 2 is 2.28 bits per heavy atom. The maximum absolute atomic E-state index is 11.8. The summed E-state index contributed by atoms with van der Waals surface area (Å²) >= 11 is 0. The Morgan fingerprint density at radius 3 is 3.11 bits per heavy atom. The number of nitrogens with one attached hydrogen (secondary N) is 2. The monoisotopic (exact) mass is 247 g/mol. The molecule has 0 radical (unpaired) electrons. The lowest BCUT2D eigenvalue weighted by molar-refractivity contribution is -0.119. The number of fused-ring (bicyclic) bond motifs is 1. The van der Waals surface area contributed by atoms with E-state index in [1.165, 1.54) is 0 Å². The highest BCUT2D eigenvalue weighted by molar-refractivity contribution is 5.83. The zero-order valence-corrected chi connectivity index (χ0v) is 10.9. The van der Waals surface area contributed by atoms with Crippen molar-refractivity contribution in [3.63, 3.8) is 0 Å².